The minimum absolute atomic E-state index is 0.0665. The van der Waals surface area contributed by atoms with Gasteiger partial charge >= 0.3 is 11.8 Å². The Hall–Kier alpha value is -2.40. The van der Waals surface area contributed by atoms with Crippen molar-refractivity contribution >= 4 is 51.7 Å². The van der Waals surface area contributed by atoms with Gasteiger partial charge in [-0.05, 0) is 33.4 Å². The molecule has 0 aromatic carbocycles. The van der Waals surface area contributed by atoms with Crippen molar-refractivity contribution < 1.29 is 18.8 Å². The van der Waals surface area contributed by atoms with Gasteiger partial charge in [0.2, 0.25) is 0 Å². The number of carbonyl (C=O) groups is 1. The lowest BCUT2D eigenvalue weighted by Crippen LogP contribution is -2.50. The Kier molecular flexibility index (Phi) is 5.37. The SMILES string of the molecule is CSc1nc2c(F)c(Cl)ncc2c(NC2C3CC2N(C(=O)OC(C)(C)C)C3)c1[N+](=O)[O-]. The van der Waals surface area contributed by atoms with Crippen molar-refractivity contribution in [1.29, 1.82) is 0 Å². The third kappa shape index (κ3) is 3.73. The molecular weight excluding hydrogens is 449 g/mol. The summed E-state index contributed by atoms with van der Waals surface area (Å²) in [6.07, 6.45) is 3.26. The summed E-state index contributed by atoms with van der Waals surface area (Å²) in [5.74, 6) is -0.734. The minimum atomic E-state index is -0.834. The lowest BCUT2D eigenvalue weighted by atomic mass is 9.80. The fourth-order valence-corrected chi connectivity index (χ4v) is 4.82. The van der Waals surface area contributed by atoms with E-state index in [9.17, 15) is 19.3 Å². The second kappa shape index (κ2) is 7.63. The van der Waals surface area contributed by atoms with Gasteiger partial charge in [0, 0.05) is 18.7 Å². The van der Waals surface area contributed by atoms with Crippen LogP contribution < -0.4 is 5.32 Å². The van der Waals surface area contributed by atoms with E-state index in [0.29, 0.717) is 6.54 Å². The van der Waals surface area contributed by atoms with E-state index < -0.39 is 22.4 Å². The summed E-state index contributed by atoms with van der Waals surface area (Å²) in [5, 5.41) is 15.0. The summed E-state index contributed by atoms with van der Waals surface area (Å²) in [7, 11) is 0. The Balaban J connectivity index is 1.72. The van der Waals surface area contributed by atoms with Gasteiger partial charge in [0.25, 0.3) is 0 Å². The Morgan fingerprint density at radius 3 is 2.81 bits per heavy atom. The number of nitrogens with zero attached hydrogens (tertiary/aromatic N) is 4. The molecule has 3 atom stereocenters. The molecule has 2 aromatic rings. The fraction of sp³-hybridized carbons (Fsp3) is 0.526. The third-order valence-electron chi connectivity index (χ3n) is 5.49. The number of carbonyl (C=O) groups excluding carboxylic acids is 1. The van der Waals surface area contributed by atoms with E-state index in [0.717, 1.165) is 18.2 Å². The molecule has 1 N–H and O–H groups in total. The number of thioether (sulfide) groups is 1. The van der Waals surface area contributed by atoms with E-state index in [1.165, 1.54) is 6.20 Å². The number of hydrogen-bond acceptors (Lipinski definition) is 8. The number of hydrogen-bond donors (Lipinski definition) is 1. The zero-order valence-electron chi connectivity index (χ0n) is 17.3. The van der Waals surface area contributed by atoms with Gasteiger partial charge in [0.15, 0.2) is 16.0 Å². The van der Waals surface area contributed by atoms with Crippen LogP contribution in [0.5, 0.6) is 0 Å². The first-order valence-corrected chi connectivity index (χ1v) is 11.2. The molecule has 1 aliphatic carbocycles. The molecule has 1 amide bonds. The molecule has 166 valence electrons. The molecule has 31 heavy (non-hydrogen) atoms. The van der Waals surface area contributed by atoms with E-state index >= 15 is 0 Å². The van der Waals surface area contributed by atoms with Crippen LogP contribution in [-0.4, -0.2) is 56.4 Å². The molecule has 2 bridgehead atoms. The van der Waals surface area contributed by atoms with Crippen LogP contribution in [0, 0.1) is 21.8 Å². The fourth-order valence-electron chi connectivity index (χ4n) is 4.12. The van der Waals surface area contributed by atoms with E-state index in [1.807, 2.05) is 0 Å². The number of anilines is 1. The Morgan fingerprint density at radius 1 is 1.48 bits per heavy atom. The van der Waals surface area contributed by atoms with Gasteiger partial charge in [-0.1, -0.05) is 11.6 Å². The maximum absolute atomic E-state index is 14.6. The van der Waals surface area contributed by atoms with Crippen molar-refractivity contribution in [2.24, 2.45) is 5.92 Å². The highest BCUT2D eigenvalue weighted by atomic mass is 35.5. The highest BCUT2D eigenvalue weighted by molar-refractivity contribution is 7.98. The van der Waals surface area contributed by atoms with Crippen LogP contribution >= 0.6 is 23.4 Å². The van der Waals surface area contributed by atoms with Crippen LogP contribution in [0.15, 0.2) is 11.2 Å². The lowest BCUT2D eigenvalue weighted by Gasteiger charge is -2.37. The molecule has 4 heterocycles. The van der Waals surface area contributed by atoms with Crippen molar-refractivity contribution in [2.45, 2.75) is 49.9 Å². The molecule has 0 radical (unpaired) electrons. The number of fused-ring (bicyclic) bond motifs is 2. The van der Waals surface area contributed by atoms with Gasteiger partial charge in [0.05, 0.1) is 22.4 Å². The zero-order chi connectivity index (χ0) is 22.7. The molecule has 2 aliphatic heterocycles. The maximum atomic E-state index is 14.6. The highest BCUT2D eigenvalue weighted by Crippen LogP contribution is 2.47. The standard InChI is InChI=1S/C19H21ClFN5O4S/c1-19(2,3)30-18(27)25-7-8-5-10(25)12(8)23-14-9-6-22-16(20)11(21)13(9)24-17(31-4)15(14)26(28)29/h6,8,10,12H,5,7H2,1-4H3,(H,23,24). The lowest BCUT2D eigenvalue weighted by molar-refractivity contribution is -0.387. The van der Waals surface area contributed by atoms with Gasteiger partial charge in [-0.25, -0.2) is 19.2 Å². The topological polar surface area (TPSA) is 110 Å². The van der Waals surface area contributed by atoms with E-state index in [-0.39, 0.29) is 50.5 Å². The summed E-state index contributed by atoms with van der Waals surface area (Å²) >= 11 is 6.84. The molecule has 0 spiro atoms. The zero-order valence-corrected chi connectivity index (χ0v) is 18.9. The van der Waals surface area contributed by atoms with Crippen molar-refractivity contribution in [3.63, 3.8) is 0 Å². The number of halogens is 2. The smallest absolute Gasteiger partial charge is 0.410 e. The molecular formula is C19H21ClFN5O4S. The molecule has 3 fully saturated rings. The first kappa shape index (κ1) is 21.8. The first-order chi connectivity index (χ1) is 14.5. The minimum Gasteiger partial charge on any atom is -0.444 e. The van der Waals surface area contributed by atoms with E-state index in [1.54, 1.807) is 31.9 Å². The highest BCUT2D eigenvalue weighted by Gasteiger charge is 2.55. The molecule has 2 aromatic heterocycles. The Bertz CT molecular complexity index is 1100. The summed E-state index contributed by atoms with van der Waals surface area (Å²) in [6.45, 7) is 5.88. The summed E-state index contributed by atoms with van der Waals surface area (Å²) in [6, 6.07) is -0.407. The number of amides is 1. The predicted octanol–water partition coefficient (Wildman–Crippen LogP) is 4.47. The van der Waals surface area contributed by atoms with Crippen LogP contribution in [0.25, 0.3) is 10.9 Å². The van der Waals surface area contributed by atoms with Crippen molar-refractivity contribution in [3.05, 3.63) is 27.3 Å². The second-order valence-electron chi connectivity index (χ2n) is 8.59. The van der Waals surface area contributed by atoms with E-state index in [4.69, 9.17) is 16.3 Å². The van der Waals surface area contributed by atoms with Crippen molar-refractivity contribution in [1.82, 2.24) is 14.9 Å². The molecule has 3 aliphatic rings. The third-order valence-corrected chi connectivity index (χ3v) is 6.42. The predicted molar refractivity (Wildman–Crippen MR) is 115 cm³/mol. The van der Waals surface area contributed by atoms with Crippen molar-refractivity contribution in [2.75, 3.05) is 18.1 Å². The van der Waals surface area contributed by atoms with Crippen LogP contribution in [0.4, 0.5) is 20.6 Å². The number of rotatable bonds is 4. The van der Waals surface area contributed by atoms with Gasteiger partial charge in [0.1, 0.15) is 16.8 Å². The molecule has 9 nitrogen and oxygen atoms in total. The number of ether oxygens (including phenoxy) is 1. The average molecular weight is 470 g/mol. The Labute approximate surface area is 186 Å². The van der Waals surface area contributed by atoms with Gasteiger partial charge in [-0.2, -0.15) is 0 Å². The average Bonchev–Trinajstić information content (AvgIpc) is 3.26. The van der Waals surface area contributed by atoms with Crippen LogP contribution in [0.3, 0.4) is 0 Å². The van der Waals surface area contributed by atoms with Crippen molar-refractivity contribution in [3.8, 4) is 0 Å². The van der Waals surface area contributed by atoms with E-state index in [2.05, 4.69) is 15.3 Å². The summed E-state index contributed by atoms with van der Waals surface area (Å²) in [5.41, 5.74) is -0.831. The van der Waals surface area contributed by atoms with Gasteiger partial charge in [-0.15, -0.1) is 11.8 Å². The first-order valence-electron chi connectivity index (χ1n) is 9.64. The number of aromatic nitrogens is 2. The molecule has 5 rings (SSSR count). The number of pyridine rings is 2. The summed E-state index contributed by atoms with van der Waals surface area (Å²) in [4.78, 5) is 33.5. The molecule has 12 heteroatoms. The van der Waals surface area contributed by atoms with Crippen LogP contribution in [-0.2, 0) is 4.74 Å². The monoisotopic (exact) mass is 469 g/mol. The normalized spacial score (nSPS) is 22.4. The van der Waals surface area contributed by atoms with Crippen LogP contribution in [0.2, 0.25) is 5.15 Å². The second-order valence-corrected chi connectivity index (χ2v) is 9.75. The Morgan fingerprint density at radius 2 is 2.19 bits per heavy atom. The van der Waals surface area contributed by atoms with Gasteiger partial charge < -0.3 is 15.0 Å². The largest absolute Gasteiger partial charge is 0.444 e. The number of nitrogens with one attached hydrogen (secondary N) is 1. The quantitative estimate of drug-likeness (QED) is 0.302. The van der Waals surface area contributed by atoms with Gasteiger partial charge in [-0.3, -0.25) is 10.1 Å². The summed E-state index contributed by atoms with van der Waals surface area (Å²) < 4.78 is 20.1. The molecule has 1 saturated carbocycles. The molecule has 2 saturated heterocycles. The maximum Gasteiger partial charge on any atom is 0.410 e. The number of nitro groups is 1. The molecule has 3 unspecified atom stereocenters. The van der Waals surface area contributed by atoms with Crippen LogP contribution in [0.1, 0.15) is 27.2 Å².